The Balaban J connectivity index is 1.81. The maximum Gasteiger partial charge on any atom is 0.408 e. The van der Waals surface area contributed by atoms with Crippen LogP contribution in [0.5, 0.6) is 0 Å². The molecule has 0 aromatic carbocycles. The number of likely N-dealkylation sites (tertiary alicyclic amines) is 1. The molecule has 0 bridgehead atoms. The molecule has 3 aliphatic rings. The Bertz CT molecular complexity index is 678. The first-order valence-electron chi connectivity index (χ1n) is 11.4. The molecule has 0 aromatic heterocycles. The third-order valence-electron chi connectivity index (χ3n) is 6.55. The van der Waals surface area contributed by atoms with Crippen LogP contribution in [0.3, 0.4) is 0 Å². The molecule has 2 heterocycles. The molecular formula is C23H38N2O5. The highest BCUT2D eigenvalue weighted by Gasteiger charge is 2.55. The lowest BCUT2D eigenvalue weighted by Crippen LogP contribution is -2.56. The normalized spacial score (nSPS) is 29.9. The van der Waals surface area contributed by atoms with Gasteiger partial charge >= 0.3 is 6.09 Å². The van der Waals surface area contributed by atoms with Crippen molar-refractivity contribution < 1.29 is 23.9 Å². The summed E-state index contributed by atoms with van der Waals surface area (Å²) in [5.41, 5.74) is -0.925. The van der Waals surface area contributed by atoms with Gasteiger partial charge in [0, 0.05) is 12.5 Å². The van der Waals surface area contributed by atoms with Crippen molar-refractivity contribution >= 4 is 17.8 Å². The molecule has 4 atom stereocenters. The number of amides is 2. The lowest BCUT2D eigenvalue weighted by molar-refractivity contribution is -0.141. The number of ether oxygens (including phenoxy) is 2. The minimum Gasteiger partial charge on any atom is -0.444 e. The summed E-state index contributed by atoms with van der Waals surface area (Å²) in [7, 11) is 0. The summed E-state index contributed by atoms with van der Waals surface area (Å²) < 4.78 is 11.6. The number of carbonyl (C=O) groups excluding carboxylic acids is 3. The molecule has 0 aromatic rings. The fourth-order valence-corrected chi connectivity index (χ4v) is 5.48. The molecule has 2 saturated heterocycles. The smallest absolute Gasteiger partial charge is 0.408 e. The fourth-order valence-electron chi connectivity index (χ4n) is 5.48. The zero-order valence-corrected chi connectivity index (χ0v) is 19.3. The van der Waals surface area contributed by atoms with Crippen molar-refractivity contribution in [2.45, 2.75) is 109 Å². The van der Waals surface area contributed by atoms with Crippen molar-refractivity contribution in [3.63, 3.8) is 0 Å². The second-order valence-electron chi connectivity index (χ2n) is 10.9. The van der Waals surface area contributed by atoms with E-state index in [1.165, 1.54) is 0 Å². The molecule has 1 aliphatic carbocycles. The monoisotopic (exact) mass is 422 g/mol. The average Bonchev–Trinajstić information content (AvgIpc) is 3.09. The lowest BCUT2D eigenvalue weighted by Gasteiger charge is -2.36. The van der Waals surface area contributed by atoms with Gasteiger partial charge in [-0.1, -0.05) is 19.3 Å². The molecule has 3 fully saturated rings. The Labute approximate surface area is 180 Å². The molecule has 0 radical (unpaired) electrons. The summed E-state index contributed by atoms with van der Waals surface area (Å²) in [6, 6.07) is -1.16. The van der Waals surface area contributed by atoms with Crippen LogP contribution < -0.4 is 5.32 Å². The molecule has 7 nitrogen and oxygen atoms in total. The van der Waals surface area contributed by atoms with Crippen molar-refractivity contribution in [1.82, 2.24) is 10.2 Å². The number of hydrogen-bond acceptors (Lipinski definition) is 5. The largest absolute Gasteiger partial charge is 0.444 e. The Kier molecular flexibility index (Phi) is 6.51. The van der Waals surface area contributed by atoms with Crippen LogP contribution in [0.15, 0.2) is 0 Å². The molecule has 0 spiro atoms. The average molecular weight is 423 g/mol. The first-order valence-corrected chi connectivity index (χ1v) is 11.4. The van der Waals surface area contributed by atoms with E-state index in [1.54, 1.807) is 32.6 Å². The third kappa shape index (κ3) is 5.16. The fraction of sp³-hybridized carbons (Fsp3) is 0.870. The maximum atomic E-state index is 13.7. The van der Waals surface area contributed by atoms with E-state index in [9.17, 15) is 14.4 Å². The molecular weight excluding hydrogens is 384 g/mol. The predicted octanol–water partition coefficient (Wildman–Crippen LogP) is 3.44. The summed E-state index contributed by atoms with van der Waals surface area (Å²) in [4.78, 5) is 40.5. The number of ketones is 1. The van der Waals surface area contributed by atoms with Crippen LogP contribution in [-0.2, 0) is 19.1 Å². The first kappa shape index (κ1) is 23.0. The zero-order chi connectivity index (χ0) is 22.3. The van der Waals surface area contributed by atoms with Crippen LogP contribution in [0.2, 0.25) is 0 Å². The highest BCUT2D eigenvalue weighted by atomic mass is 16.6. The second-order valence-corrected chi connectivity index (χ2v) is 10.9. The summed E-state index contributed by atoms with van der Waals surface area (Å²) in [5, 5.41) is 2.86. The van der Waals surface area contributed by atoms with Gasteiger partial charge in [-0.25, -0.2) is 4.79 Å². The van der Waals surface area contributed by atoms with Crippen molar-refractivity contribution in [2.75, 3.05) is 6.54 Å². The van der Waals surface area contributed by atoms with Crippen LogP contribution in [0.4, 0.5) is 4.79 Å². The van der Waals surface area contributed by atoms with E-state index >= 15 is 0 Å². The van der Waals surface area contributed by atoms with Crippen molar-refractivity contribution in [1.29, 1.82) is 0 Å². The quantitative estimate of drug-likeness (QED) is 0.750. The summed E-state index contributed by atoms with van der Waals surface area (Å²) in [6.45, 7) is 11.4. The van der Waals surface area contributed by atoms with E-state index in [1.807, 2.05) is 13.8 Å². The van der Waals surface area contributed by atoms with Crippen LogP contribution in [-0.4, -0.2) is 58.6 Å². The Morgan fingerprint density at radius 3 is 2.33 bits per heavy atom. The van der Waals surface area contributed by atoms with Crippen molar-refractivity contribution in [3.8, 4) is 0 Å². The summed E-state index contributed by atoms with van der Waals surface area (Å²) in [6.07, 6.45) is 5.05. The van der Waals surface area contributed by atoms with Gasteiger partial charge in [-0.05, 0) is 66.7 Å². The number of rotatable bonds is 4. The Morgan fingerprint density at radius 2 is 1.77 bits per heavy atom. The first-order chi connectivity index (χ1) is 13.9. The number of nitrogens with one attached hydrogen (secondary N) is 1. The lowest BCUT2D eigenvalue weighted by atomic mass is 9.83. The minimum atomic E-state index is -0.672. The van der Waals surface area contributed by atoms with E-state index in [0.29, 0.717) is 6.54 Å². The van der Waals surface area contributed by atoms with E-state index in [2.05, 4.69) is 5.32 Å². The molecule has 30 heavy (non-hydrogen) atoms. The van der Waals surface area contributed by atoms with Crippen LogP contribution in [0, 0.1) is 11.8 Å². The SMILES string of the molecule is CC(=O)[C@@H]1[C@H]2CC(C)(C)OC2CN1C(=O)[C@@H](NC(=O)OC(C)(C)C)C1CCCCC1. The van der Waals surface area contributed by atoms with Crippen molar-refractivity contribution in [2.24, 2.45) is 11.8 Å². The van der Waals surface area contributed by atoms with Gasteiger partial charge in [0.15, 0.2) is 5.78 Å². The summed E-state index contributed by atoms with van der Waals surface area (Å²) >= 11 is 0. The van der Waals surface area contributed by atoms with Crippen LogP contribution in [0.25, 0.3) is 0 Å². The third-order valence-corrected chi connectivity index (χ3v) is 6.55. The van der Waals surface area contributed by atoms with Gasteiger partial charge in [0.25, 0.3) is 0 Å². The molecule has 3 rings (SSSR count). The number of fused-ring (bicyclic) bond motifs is 1. The molecule has 7 heteroatoms. The zero-order valence-electron chi connectivity index (χ0n) is 19.3. The molecule has 2 amide bonds. The van der Waals surface area contributed by atoms with Gasteiger partial charge in [-0.3, -0.25) is 9.59 Å². The van der Waals surface area contributed by atoms with Crippen molar-refractivity contribution in [3.05, 3.63) is 0 Å². The number of nitrogens with zero attached hydrogens (tertiary/aromatic N) is 1. The molecule has 1 unspecified atom stereocenters. The molecule has 170 valence electrons. The minimum absolute atomic E-state index is 0.00924. The number of Topliss-reactive ketones (excluding diaryl/α,β-unsaturated/α-hetero) is 1. The number of alkyl carbamates (subject to hydrolysis) is 1. The van der Waals surface area contributed by atoms with Gasteiger partial charge in [0.1, 0.15) is 11.6 Å². The van der Waals surface area contributed by atoms with Crippen LogP contribution in [0.1, 0.15) is 80.1 Å². The molecule has 1 N–H and O–H groups in total. The Morgan fingerprint density at radius 1 is 1.13 bits per heavy atom. The number of carbonyl (C=O) groups is 3. The van der Waals surface area contributed by atoms with E-state index in [-0.39, 0.29) is 35.2 Å². The maximum absolute atomic E-state index is 13.7. The van der Waals surface area contributed by atoms with Crippen LogP contribution >= 0.6 is 0 Å². The Hall–Kier alpha value is -1.63. The van der Waals surface area contributed by atoms with E-state index in [0.717, 1.165) is 38.5 Å². The standard InChI is InChI=1S/C23H38N2O5/c1-14(26)19-16-12-23(5,6)29-17(16)13-25(19)20(27)18(15-10-8-7-9-11-15)24-21(28)30-22(2,3)4/h15-19H,7-13H2,1-6H3,(H,24,28)/t16-,17?,18-,19+/m0/s1. The predicted molar refractivity (Wildman–Crippen MR) is 113 cm³/mol. The molecule has 1 saturated carbocycles. The summed E-state index contributed by atoms with van der Waals surface area (Å²) in [5.74, 6) is -0.125. The second kappa shape index (κ2) is 8.48. The van der Waals surface area contributed by atoms with E-state index < -0.39 is 23.8 Å². The highest BCUT2D eigenvalue weighted by molar-refractivity contribution is 5.92. The van der Waals surface area contributed by atoms with Gasteiger partial charge in [0.05, 0.1) is 17.7 Å². The van der Waals surface area contributed by atoms with Gasteiger partial charge in [-0.15, -0.1) is 0 Å². The van der Waals surface area contributed by atoms with Gasteiger partial charge in [-0.2, -0.15) is 0 Å². The molecule has 2 aliphatic heterocycles. The van der Waals surface area contributed by atoms with E-state index in [4.69, 9.17) is 9.47 Å². The number of hydrogen-bond donors (Lipinski definition) is 1. The van der Waals surface area contributed by atoms with Gasteiger partial charge < -0.3 is 19.7 Å². The van der Waals surface area contributed by atoms with Gasteiger partial charge in [0.2, 0.25) is 5.91 Å². The topological polar surface area (TPSA) is 84.9 Å². The highest BCUT2D eigenvalue weighted by Crippen LogP contribution is 2.43.